The fourth-order valence-electron chi connectivity index (χ4n) is 3.60. The fraction of sp³-hybridized carbons (Fsp3) is 0.364. The maximum atomic E-state index is 14.6. The van der Waals surface area contributed by atoms with Gasteiger partial charge in [0.25, 0.3) is 0 Å². The van der Waals surface area contributed by atoms with Crippen molar-refractivity contribution in [3.63, 3.8) is 0 Å². The van der Waals surface area contributed by atoms with Gasteiger partial charge < -0.3 is 4.90 Å². The average Bonchev–Trinajstić information content (AvgIpc) is 3.52. The summed E-state index contributed by atoms with van der Waals surface area (Å²) in [5, 5.41) is 5.65. The summed E-state index contributed by atoms with van der Waals surface area (Å²) in [6, 6.07) is 8.32. The van der Waals surface area contributed by atoms with Gasteiger partial charge in [0.15, 0.2) is 0 Å². The van der Waals surface area contributed by atoms with Crippen molar-refractivity contribution in [1.29, 1.82) is 0 Å². The highest BCUT2D eigenvalue weighted by molar-refractivity contribution is 7.93. The molecule has 10 heteroatoms. The smallest absolute Gasteiger partial charge is 0.235 e. The maximum absolute atomic E-state index is 14.6. The molecule has 0 amide bonds. The predicted molar refractivity (Wildman–Crippen MR) is 124 cm³/mol. The monoisotopic (exact) mass is 461 g/mol. The van der Waals surface area contributed by atoms with Gasteiger partial charge >= 0.3 is 0 Å². The van der Waals surface area contributed by atoms with E-state index in [0.29, 0.717) is 42.7 Å². The molecule has 7 nitrogen and oxygen atoms in total. The average molecular weight is 462 g/mol. The third kappa shape index (κ3) is 4.74. The summed E-state index contributed by atoms with van der Waals surface area (Å²) in [7, 11) is -1.70. The number of hydrazone groups is 1. The van der Waals surface area contributed by atoms with Gasteiger partial charge in [0.2, 0.25) is 10.0 Å². The predicted octanol–water partition coefficient (Wildman–Crippen LogP) is 4.04. The molecular weight excluding hydrogens is 436 g/mol. The molecular formula is C22H25F2N5O2S. The lowest BCUT2D eigenvalue weighted by atomic mass is 10.0. The van der Waals surface area contributed by atoms with Crippen molar-refractivity contribution >= 4 is 34.0 Å². The van der Waals surface area contributed by atoms with Crippen LogP contribution in [0.15, 0.2) is 46.5 Å². The molecule has 32 heavy (non-hydrogen) atoms. The Kier molecular flexibility index (Phi) is 6.14. The van der Waals surface area contributed by atoms with E-state index < -0.39 is 26.9 Å². The number of benzene rings is 2. The number of halogens is 2. The number of nitrogens with one attached hydrogen (secondary N) is 1. The summed E-state index contributed by atoms with van der Waals surface area (Å²) in [5.41, 5.74) is 1.51. The molecule has 2 aromatic rings. The SMILES string of the molecule is CCN=CN(c1cc(NS(=O)(=O)C2CC2)cc(-c2ccc(F)cc2F)c1)C1CC=NN1C. The Balaban J connectivity index is 1.82. The van der Waals surface area contributed by atoms with Gasteiger partial charge in [-0.15, -0.1) is 0 Å². The first-order chi connectivity index (χ1) is 15.3. The Hall–Kier alpha value is -3.01. The van der Waals surface area contributed by atoms with E-state index in [-0.39, 0.29) is 11.7 Å². The van der Waals surface area contributed by atoms with Gasteiger partial charge in [-0.25, -0.2) is 17.2 Å². The lowest BCUT2D eigenvalue weighted by molar-refractivity contribution is 0.293. The van der Waals surface area contributed by atoms with Crippen LogP contribution in [0.25, 0.3) is 11.1 Å². The molecule has 1 atom stereocenters. The molecule has 0 saturated heterocycles. The Bertz CT molecular complexity index is 1160. The molecule has 0 radical (unpaired) electrons. The lowest BCUT2D eigenvalue weighted by Crippen LogP contribution is -2.41. The first-order valence-corrected chi connectivity index (χ1v) is 12.0. The summed E-state index contributed by atoms with van der Waals surface area (Å²) in [4.78, 5) is 6.23. The van der Waals surface area contributed by atoms with Gasteiger partial charge in [-0.2, -0.15) is 5.10 Å². The zero-order valence-corrected chi connectivity index (χ0v) is 18.7. The number of hydrogen-bond acceptors (Lipinski definition) is 5. The van der Waals surface area contributed by atoms with Gasteiger partial charge in [0, 0.05) is 43.5 Å². The second-order valence-electron chi connectivity index (χ2n) is 7.85. The fourth-order valence-corrected chi connectivity index (χ4v) is 4.97. The molecule has 1 heterocycles. The quantitative estimate of drug-likeness (QED) is 0.476. The van der Waals surface area contributed by atoms with E-state index in [1.807, 2.05) is 18.9 Å². The number of hydrogen-bond donors (Lipinski definition) is 1. The topological polar surface area (TPSA) is 77.4 Å². The van der Waals surface area contributed by atoms with E-state index in [4.69, 9.17) is 0 Å². The van der Waals surface area contributed by atoms with Crippen molar-refractivity contribution in [2.75, 3.05) is 23.2 Å². The third-order valence-electron chi connectivity index (χ3n) is 5.40. The number of aliphatic imine (C=N–C) groups is 1. The Labute approximate surface area is 186 Å². The molecule has 1 unspecified atom stereocenters. The van der Waals surface area contributed by atoms with E-state index in [0.717, 1.165) is 6.07 Å². The number of anilines is 2. The number of nitrogens with zero attached hydrogens (tertiary/aromatic N) is 4. The Morgan fingerprint density at radius 3 is 2.66 bits per heavy atom. The molecule has 1 fully saturated rings. The molecule has 2 aliphatic rings. The Morgan fingerprint density at radius 2 is 2.03 bits per heavy atom. The highest BCUT2D eigenvalue weighted by Gasteiger charge is 2.36. The zero-order chi connectivity index (χ0) is 22.9. The van der Waals surface area contributed by atoms with Crippen LogP contribution in [0.2, 0.25) is 0 Å². The number of sulfonamides is 1. The highest BCUT2D eigenvalue weighted by Crippen LogP contribution is 2.35. The molecule has 0 spiro atoms. The largest absolute Gasteiger partial charge is 0.310 e. The second-order valence-corrected chi connectivity index (χ2v) is 9.81. The molecule has 0 aromatic heterocycles. The summed E-state index contributed by atoms with van der Waals surface area (Å²) >= 11 is 0. The molecule has 2 aromatic carbocycles. The molecule has 1 N–H and O–H groups in total. The van der Waals surface area contributed by atoms with Crippen molar-refractivity contribution < 1.29 is 17.2 Å². The highest BCUT2D eigenvalue weighted by atomic mass is 32.2. The van der Waals surface area contributed by atoms with Crippen LogP contribution in [-0.2, 0) is 10.0 Å². The molecule has 1 aliphatic carbocycles. The van der Waals surface area contributed by atoms with Crippen LogP contribution in [0.4, 0.5) is 20.2 Å². The summed E-state index contributed by atoms with van der Waals surface area (Å²) in [5.74, 6) is -1.41. The minimum atomic E-state index is -3.54. The van der Waals surface area contributed by atoms with Crippen molar-refractivity contribution in [3.8, 4) is 11.1 Å². The minimum Gasteiger partial charge on any atom is -0.310 e. The summed E-state index contributed by atoms with van der Waals surface area (Å²) in [6.45, 7) is 2.46. The van der Waals surface area contributed by atoms with Crippen molar-refractivity contribution in [2.24, 2.45) is 10.1 Å². The van der Waals surface area contributed by atoms with Gasteiger partial charge in [0.1, 0.15) is 17.8 Å². The molecule has 170 valence electrons. The first kappa shape index (κ1) is 22.2. The van der Waals surface area contributed by atoms with E-state index in [1.54, 1.807) is 35.8 Å². The van der Waals surface area contributed by atoms with Crippen LogP contribution in [0, 0.1) is 11.6 Å². The molecule has 1 saturated carbocycles. The third-order valence-corrected chi connectivity index (χ3v) is 7.27. The van der Waals surface area contributed by atoms with E-state index >= 15 is 0 Å². The van der Waals surface area contributed by atoms with Crippen molar-refractivity contribution in [3.05, 3.63) is 48.0 Å². The zero-order valence-electron chi connectivity index (χ0n) is 17.9. The van der Waals surface area contributed by atoms with Crippen LogP contribution in [0.3, 0.4) is 0 Å². The van der Waals surface area contributed by atoms with Gasteiger partial charge in [-0.1, -0.05) is 0 Å². The lowest BCUT2D eigenvalue weighted by Gasteiger charge is -2.31. The van der Waals surface area contributed by atoms with E-state index in [2.05, 4.69) is 14.8 Å². The summed E-state index contributed by atoms with van der Waals surface area (Å²) in [6.07, 6.45) is 5.16. The normalized spacial score (nSPS) is 18.5. The van der Waals surface area contributed by atoms with Gasteiger partial charge in [-0.05, 0) is 55.7 Å². The maximum Gasteiger partial charge on any atom is 0.235 e. The molecule has 0 bridgehead atoms. The molecule has 1 aliphatic heterocycles. The standard InChI is InChI=1S/C22H25F2N5O2S/c1-3-25-14-29(22-8-9-26-28(22)2)18-11-15(20-7-4-16(23)12-21(20)24)10-17(13-18)27-32(30,31)19-5-6-19/h4,7,9-14,19,22,27H,3,5-6,8H2,1-2H3. The van der Waals surface area contributed by atoms with Gasteiger partial charge in [0.05, 0.1) is 17.3 Å². The molecule has 4 rings (SSSR count). The first-order valence-electron chi connectivity index (χ1n) is 10.4. The van der Waals surface area contributed by atoms with Crippen LogP contribution >= 0.6 is 0 Å². The van der Waals surface area contributed by atoms with Crippen LogP contribution in [0.1, 0.15) is 26.2 Å². The van der Waals surface area contributed by atoms with Crippen molar-refractivity contribution in [1.82, 2.24) is 5.01 Å². The van der Waals surface area contributed by atoms with Crippen LogP contribution in [0.5, 0.6) is 0 Å². The minimum absolute atomic E-state index is 0.170. The summed E-state index contributed by atoms with van der Waals surface area (Å²) < 4.78 is 55.9. The Morgan fingerprint density at radius 1 is 1.25 bits per heavy atom. The van der Waals surface area contributed by atoms with Crippen LogP contribution in [-0.4, -0.2) is 51.0 Å². The number of rotatable bonds is 8. The van der Waals surface area contributed by atoms with E-state index in [1.165, 1.54) is 12.1 Å². The second kappa shape index (κ2) is 8.85. The van der Waals surface area contributed by atoms with Crippen LogP contribution < -0.4 is 9.62 Å². The van der Waals surface area contributed by atoms with E-state index in [9.17, 15) is 17.2 Å². The van der Waals surface area contributed by atoms with Crippen molar-refractivity contribution in [2.45, 2.75) is 37.6 Å². The van der Waals surface area contributed by atoms with Gasteiger partial charge in [-0.3, -0.25) is 14.7 Å².